The lowest BCUT2D eigenvalue weighted by molar-refractivity contribution is -0.114. The number of carbonyl (C=O) groups is 1. The van der Waals surface area contributed by atoms with E-state index in [0.29, 0.717) is 11.3 Å². The summed E-state index contributed by atoms with van der Waals surface area (Å²) in [7, 11) is -1.29. The normalized spacial score (nSPS) is 11.0. The fraction of sp³-hybridized carbons (Fsp3) is 0.235. The molecule has 140 valence electrons. The van der Waals surface area contributed by atoms with E-state index in [1.54, 1.807) is 6.92 Å². The SMILES string of the molecule is COc1cc(C)c(S(=O)(=O)Nc2cc(NC(C)=O)ccc2F)cc1OC. The van der Waals surface area contributed by atoms with Crippen molar-refractivity contribution in [2.75, 3.05) is 24.3 Å². The summed E-state index contributed by atoms with van der Waals surface area (Å²) < 4.78 is 51.9. The summed E-state index contributed by atoms with van der Waals surface area (Å²) in [5.41, 5.74) is 0.375. The van der Waals surface area contributed by atoms with Crippen molar-refractivity contribution in [3.63, 3.8) is 0 Å². The molecule has 0 aliphatic heterocycles. The van der Waals surface area contributed by atoms with Gasteiger partial charge in [0.2, 0.25) is 5.91 Å². The zero-order chi connectivity index (χ0) is 19.5. The number of amides is 1. The molecule has 0 heterocycles. The number of nitrogens with one attached hydrogen (secondary N) is 2. The smallest absolute Gasteiger partial charge is 0.262 e. The molecule has 0 aliphatic carbocycles. The molecule has 0 spiro atoms. The number of aryl methyl sites for hydroxylation is 1. The van der Waals surface area contributed by atoms with Crippen molar-refractivity contribution in [1.29, 1.82) is 0 Å². The van der Waals surface area contributed by atoms with Gasteiger partial charge < -0.3 is 14.8 Å². The van der Waals surface area contributed by atoms with Gasteiger partial charge >= 0.3 is 0 Å². The molecule has 2 aromatic carbocycles. The average Bonchev–Trinajstić information content (AvgIpc) is 2.56. The largest absolute Gasteiger partial charge is 0.493 e. The van der Waals surface area contributed by atoms with Crippen LogP contribution in [0, 0.1) is 12.7 Å². The summed E-state index contributed by atoms with van der Waals surface area (Å²) in [4.78, 5) is 11.0. The van der Waals surface area contributed by atoms with Gasteiger partial charge in [0.15, 0.2) is 11.5 Å². The fourth-order valence-electron chi connectivity index (χ4n) is 2.34. The van der Waals surface area contributed by atoms with Gasteiger partial charge in [-0.3, -0.25) is 9.52 Å². The van der Waals surface area contributed by atoms with Crippen LogP contribution in [0.2, 0.25) is 0 Å². The molecule has 0 radical (unpaired) electrons. The second kappa shape index (κ2) is 7.61. The number of rotatable bonds is 6. The summed E-state index contributed by atoms with van der Waals surface area (Å²) >= 11 is 0. The number of sulfonamides is 1. The van der Waals surface area contributed by atoms with Gasteiger partial charge in [-0.25, -0.2) is 12.8 Å². The predicted octanol–water partition coefficient (Wildman–Crippen LogP) is 2.91. The summed E-state index contributed by atoms with van der Waals surface area (Å²) in [6.07, 6.45) is 0. The number of ether oxygens (including phenoxy) is 2. The van der Waals surface area contributed by atoms with E-state index in [4.69, 9.17) is 9.47 Å². The first-order valence-electron chi connectivity index (χ1n) is 7.50. The lowest BCUT2D eigenvalue weighted by Crippen LogP contribution is -2.16. The van der Waals surface area contributed by atoms with Crippen molar-refractivity contribution in [2.24, 2.45) is 0 Å². The van der Waals surface area contributed by atoms with Gasteiger partial charge in [-0.1, -0.05) is 0 Å². The van der Waals surface area contributed by atoms with Crippen molar-refractivity contribution < 1.29 is 27.1 Å². The van der Waals surface area contributed by atoms with Crippen LogP contribution in [0.1, 0.15) is 12.5 Å². The molecule has 0 unspecified atom stereocenters. The van der Waals surface area contributed by atoms with E-state index in [-0.39, 0.29) is 27.9 Å². The third-order valence-corrected chi connectivity index (χ3v) is 5.01. The molecule has 2 aromatic rings. The van der Waals surface area contributed by atoms with Crippen LogP contribution in [0.5, 0.6) is 11.5 Å². The molecule has 2 N–H and O–H groups in total. The molecule has 1 amide bonds. The Kier molecular flexibility index (Phi) is 5.71. The highest BCUT2D eigenvalue weighted by Crippen LogP contribution is 2.33. The molecule has 26 heavy (non-hydrogen) atoms. The van der Waals surface area contributed by atoms with Gasteiger partial charge in [0.25, 0.3) is 10.0 Å². The van der Waals surface area contributed by atoms with Crippen molar-refractivity contribution in [3.05, 3.63) is 41.7 Å². The Balaban J connectivity index is 2.45. The highest BCUT2D eigenvalue weighted by molar-refractivity contribution is 7.92. The molecular formula is C17H19FN2O5S. The minimum Gasteiger partial charge on any atom is -0.493 e. The predicted molar refractivity (Wildman–Crippen MR) is 95.8 cm³/mol. The molecular weight excluding hydrogens is 363 g/mol. The Morgan fingerprint density at radius 1 is 1.08 bits per heavy atom. The van der Waals surface area contributed by atoms with E-state index in [9.17, 15) is 17.6 Å². The van der Waals surface area contributed by atoms with E-state index in [0.717, 1.165) is 6.07 Å². The molecule has 2 rings (SSSR count). The lowest BCUT2D eigenvalue weighted by Gasteiger charge is -2.15. The Bertz CT molecular complexity index is 944. The van der Waals surface area contributed by atoms with E-state index in [1.165, 1.54) is 45.4 Å². The van der Waals surface area contributed by atoms with E-state index in [2.05, 4.69) is 10.0 Å². The van der Waals surface area contributed by atoms with Crippen LogP contribution in [0.4, 0.5) is 15.8 Å². The first-order valence-corrected chi connectivity index (χ1v) is 8.99. The standard InChI is InChI=1S/C17H19FN2O5S/c1-10-7-15(24-3)16(25-4)9-17(10)26(22,23)20-14-8-12(19-11(2)21)5-6-13(14)18/h5-9,20H,1-4H3,(H,19,21). The van der Waals surface area contributed by atoms with E-state index < -0.39 is 15.8 Å². The molecule has 0 aliphatic rings. The maximum absolute atomic E-state index is 14.0. The van der Waals surface area contributed by atoms with Gasteiger partial charge in [-0.15, -0.1) is 0 Å². The van der Waals surface area contributed by atoms with Crippen LogP contribution >= 0.6 is 0 Å². The van der Waals surface area contributed by atoms with Crippen LogP contribution < -0.4 is 19.5 Å². The van der Waals surface area contributed by atoms with E-state index in [1.807, 2.05) is 0 Å². The molecule has 9 heteroatoms. The van der Waals surface area contributed by atoms with Gasteiger partial charge in [0, 0.05) is 18.7 Å². The summed E-state index contributed by atoms with van der Waals surface area (Å²) in [5.74, 6) is -0.532. The summed E-state index contributed by atoms with van der Waals surface area (Å²) in [6.45, 7) is 2.88. The minimum absolute atomic E-state index is 0.0838. The van der Waals surface area contributed by atoms with Gasteiger partial charge in [-0.2, -0.15) is 0 Å². The van der Waals surface area contributed by atoms with Crippen molar-refractivity contribution in [3.8, 4) is 11.5 Å². The van der Waals surface area contributed by atoms with Gasteiger partial charge in [0.1, 0.15) is 5.82 Å². The van der Waals surface area contributed by atoms with Crippen LogP contribution in [0.25, 0.3) is 0 Å². The molecule has 0 atom stereocenters. The topological polar surface area (TPSA) is 93.7 Å². The second-order valence-corrected chi connectivity index (χ2v) is 7.10. The zero-order valence-electron chi connectivity index (χ0n) is 14.7. The number of carbonyl (C=O) groups excluding carboxylic acids is 1. The van der Waals surface area contributed by atoms with Crippen molar-refractivity contribution >= 4 is 27.3 Å². The quantitative estimate of drug-likeness (QED) is 0.801. The average molecular weight is 382 g/mol. The molecule has 0 fully saturated rings. The minimum atomic E-state index is -4.11. The lowest BCUT2D eigenvalue weighted by atomic mass is 10.2. The Labute approximate surface area is 151 Å². The first kappa shape index (κ1) is 19.5. The number of hydrogen-bond donors (Lipinski definition) is 2. The van der Waals surface area contributed by atoms with Crippen LogP contribution in [0.3, 0.4) is 0 Å². The van der Waals surface area contributed by atoms with Crippen LogP contribution in [0.15, 0.2) is 35.2 Å². The van der Waals surface area contributed by atoms with Gasteiger partial charge in [-0.05, 0) is 36.8 Å². The van der Waals surface area contributed by atoms with Gasteiger partial charge in [0.05, 0.1) is 24.8 Å². The van der Waals surface area contributed by atoms with E-state index >= 15 is 0 Å². The van der Waals surface area contributed by atoms with Crippen molar-refractivity contribution in [2.45, 2.75) is 18.7 Å². The Hall–Kier alpha value is -2.81. The molecule has 7 nitrogen and oxygen atoms in total. The Morgan fingerprint density at radius 3 is 2.27 bits per heavy atom. The van der Waals surface area contributed by atoms with Crippen molar-refractivity contribution in [1.82, 2.24) is 0 Å². The third kappa shape index (κ3) is 4.23. The van der Waals surface area contributed by atoms with Crippen LogP contribution in [-0.2, 0) is 14.8 Å². The number of benzene rings is 2. The molecule has 0 aromatic heterocycles. The molecule has 0 saturated carbocycles. The number of hydrogen-bond acceptors (Lipinski definition) is 5. The highest BCUT2D eigenvalue weighted by Gasteiger charge is 2.22. The third-order valence-electron chi connectivity index (χ3n) is 3.50. The molecule has 0 saturated heterocycles. The molecule has 0 bridgehead atoms. The summed E-state index contributed by atoms with van der Waals surface area (Å²) in [6, 6.07) is 6.40. The summed E-state index contributed by atoms with van der Waals surface area (Å²) in [5, 5.41) is 2.47. The maximum Gasteiger partial charge on any atom is 0.262 e. The maximum atomic E-state index is 14.0. The second-order valence-electron chi connectivity index (χ2n) is 5.45. The zero-order valence-corrected chi connectivity index (χ0v) is 15.5. The van der Waals surface area contributed by atoms with Crippen LogP contribution in [-0.4, -0.2) is 28.5 Å². The highest BCUT2D eigenvalue weighted by atomic mass is 32.2. The Morgan fingerprint density at radius 2 is 1.69 bits per heavy atom. The fourth-order valence-corrected chi connectivity index (χ4v) is 3.64. The number of methoxy groups -OCH3 is 2. The first-order chi connectivity index (χ1) is 12.2. The number of halogens is 1. The number of anilines is 2. The monoisotopic (exact) mass is 382 g/mol.